The molecule has 1 saturated carbocycles. The second kappa shape index (κ2) is 5.16. The third-order valence-electron chi connectivity index (χ3n) is 4.00. The Bertz CT molecular complexity index is 367. The maximum atomic E-state index is 13.7. The molecule has 94 valence electrons. The summed E-state index contributed by atoms with van der Waals surface area (Å²) >= 11 is 0. The molecule has 0 aromatic heterocycles. The lowest BCUT2D eigenvalue weighted by Gasteiger charge is -2.26. The van der Waals surface area contributed by atoms with Crippen LogP contribution in [0.25, 0.3) is 0 Å². The quantitative estimate of drug-likeness (QED) is 0.693. The summed E-state index contributed by atoms with van der Waals surface area (Å²) in [7, 11) is 0. The minimum atomic E-state index is -0.374. The predicted octanol–water partition coefficient (Wildman–Crippen LogP) is 4.82. The van der Waals surface area contributed by atoms with Crippen LogP contribution in [0.1, 0.15) is 56.6 Å². The molecule has 0 unspecified atom stereocenters. The highest BCUT2D eigenvalue weighted by molar-refractivity contribution is 5.29. The molecule has 0 heterocycles. The molecule has 17 heavy (non-hydrogen) atoms. The standard InChI is InChI=1S/C15H20F2/c1-3-13-14(16)8-12(9-15(13)17)11-6-4-10(2)5-7-11/h8-11H,3-7H2,1-2H3. The van der Waals surface area contributed by atoms with Crippen molar-refractivity contribution in [2.24, 2.45) is 5.92 Å². The molecule has 0 spiro atoms. The van der Waals surface area contributed by atoms with Crippen LogP contribution >= 0.6 is 0 Å². The van der Waals surface area contributed by atoms with Crippen molar-refractivity contribution in [1.82, 2.24) is 0 Å². The molecule has 0 atom stereocenters. The summed E-state index contributed by atoms with van der Waals surface area (Å²) in [5, 5.41) is 0. The Labute approximate surface area is 102 Å². The minimum absolute atomic E-state index is 0.220. The van der Waals surface area contributed by atoms with E-state index in [0.29, 0.717) is 12.3 Å². The van der Waals surface area contributed by atoms with E-state index in [9.17, 15) is 8.78 Å². The molecule has 1 aliphatic carbocycles. The van der Waals surface area contributed by atoms with Gasteiger partial charge in [-0.05, 0) is 48.8 Å². The smallest absolute Gasteiger partial charge is 0.129 e. The van der Waals surface area contributed by atoms with E-state index in [1.807, 2.05) is 0 Å². The number of hydrogen-bond acceptors (Lipinski definition) is 0. The van der Waals surface area contributed by atoms with Gasteiger partial charge < -0.3 is 0 Å². The van der Waals surface area contributed by atoms with Gasteiger partial charge in [0, 0.05) is 5.56 Å². The van der Waals surface area contributed by atoms with Crippen LogP contribution in [-0.2, 0) is 6.42 Å². The van der Waals surface area contributed by atoms with Crippen LogP contribution in [0.3, 0.4) is 0 Å². The van der Waals surface area contributed by atoms with E-state index in [1.54, 1.807) is 19.1 Å². The first-order chi connectivity index (χ1) is 8.11. The number of hydrogen-bond donors (Lipinski definition) is 0. The SMILES string of the molecule is CCc1c(F)cc(C2CCC(C)CC2)cc1F. The molecule has 0 saturated heterocycles. The van der Waals surface area contributed by atoms with Gasteiger partial charge in [-0.25, -0.2) is 8.78 Å². The summed E-state index contributed by atoms with van der Waals surface area (Å²) in [5.74, 6) is 0.360. The average Bonchev–Trinajstić information content (AvgIpc) is 2.29. The summed E-state index contributed by atoms with van der Waals surface area (Å²) in [4.78, 5) is 0. The van der Waals surface area contributed by atoms with Crippen LogP contribution in [0.4, 0.5) is 8.78 Å². The lowest BCUT2D eigenvalue weighted by atomic mass is 9.79. The summed E-state index contributed by atoms with van der Waals surface area (Å²) < 4.78 is 27.4. The van der Waals surface area contributed by atoms with E-state index in [0.717, 1.165) is 24.3 Å². The Balaban J connectivity index is 2.22. The number of rotatable bonds is 2. The lowest BCUT2D eigenvalue weighted by molar-refractivity contribution is 0.346. The van der Waals surface area contributed by atoms with Gasteiger partial charge in [0.2, 0.25) is 0 Å². The zero-order valence-corrected chi connectivity index (χ0v) is 10.6. The number of halogens is 2. The van der Waals surface area contributed by atoms with E-state index in [2.05, 4.69) is 6.92 Å². The zero-order valence-electron chi connectivity index (χ0n) is 10.6. The second-order valence-corrected chi connectivity index (χ2v) is 5.27. The largest absolute Gasteiger partial charge is 0.207 e. The maximum Gasteiger partial charge on any atom is 0.129 e. The fraction of sp³-hybridized carbons (Fsp3) is 0.600. The van der Waals surface area contributed by atoms with E-state index in [1.165, 1.54) is 12.8 Å². The minimum Gasteiger partial charge on any atom is -0.207 e. The third-order valence-corrected chi connectivity index (χ3v) is 4.00. The highest BCUT2D eigenvalue weighted by Gasteiger charge is 2.21. The van der Waals surface area contributed by atoms with Crippen molar-refractivity contribution in [1.29, 1.82) is 0 Å². The van der Waals surface area contributed by atoms with E-state index in [-0.39, 0.29) is 17.2 Å². The highest BCUT2D eigenvalue weighted by atomic mass is 19.1. The normalized spacial score (nSPS) is 24.9. The van der Waals surface area contributed by atoms with Crippen LogP contribution in [0.5, 0.6) is 0 Å². The Morgan fingerprint density at radius 2 is 1.59 bits per heavy atom. The first-order valence-corrected chi connectivity index (χ1v) is 6.59. The monoisotopic (exact) mass is 238 g/mol. The Morgan fingerprint density at radius 3 is 2.06 bits per heavy atom. The van der Waals surface area contributed by atoms with E-state index >= 15 is 0 Å². The third kappa shape index (κ3) is 2.67. The first kappa shape index (κ1) is 12.5. The van der Waals surface area contributed by atoms with Crippen LogP contribution in [0.2, 0.25) is 0 Å². The van der Waals surface area contributed by atoms with Gasteiger partial charge in [0.15, 0.2) is 0 Å². The van der Waals surface area contributed by atoms with Crippen molar-refractivity contribution in [2.45, 2.75) is 51.9 Å². The maximum absolute atomic E-state index is 13.7. The second-order valence-electron chi connectivity index (χ2n) is 5.27. The molecule has 0 N–H and O–H groups in total. The molecule has 2 rings (SSSR count). The highest BCUT2D eigenvalue weighted by Crippen LogP contribution is 2.36. The van der Waals surface area contributed by atoms with Crippen molar-refractivity contribution >= 4 is 0 Å². The van der Waals surface area contributed by atoms with Gasteiger partial charge in [-0.1, -0.05) is 26.7 Å². The van der Waals surface area contributed by atoms with Gasteiger partial charge in [0.25, 0.3) is 0 Å². The molecular formula is C15H20F2. The molecule has 0 amide bonds. The van der Waals surface area contributed by atoms with Crippen LogP contribution < -0.4 is 0 Å². The average molecular weight is 238 g/mol. The summed E-state index contributed by atoms with van der Waals surface area (Å²) in [6, 6.07) is 3.09. The molecule has 0 aliphatic heterocycles. The van der Waals surface area contributed by atoms with E-state index < -0.39 is 0 Å². The van der Waals surface area contributed by atoms with Gasteiger partial charge in [-0.2, -0.15) is 0 Å². The molecule has 0 nitrogen and oxygen atoms in total. The molecular weight excluding hydrogens is 218 g/mol. The molecule has 1 aliphatic rings. The van der Waals surface area contributed by atoms with Crippen molar-refractivity contribution in [3.63, 3.8) is 0 Å². The van der Waals surface area contributed by atoms with Crippen LogP contribution in [0, 0.1) is 17.6 Å². The molecule has 2 heteroatoms. The zero-order chi connectivity index (χ0) is 12.4. The molecule has 1 aromatic rings. The van der Waals surface area contributed by atoms with Crippen molar-refractivity contribution in [3.05, 3.63) is 34.9 Å². The predicted molar refractivity (Wildman–Crippen MR) is 66.1 cm³/mol. The van der Waals surface area contributed by atoms with Gasteiger partial charge in [-0.15, -0.1) is 0 Å². The summed E-state index contributed by atoms with van der Waals surface area (Å²) in [5.41, 5.74) is 1.07. The number of benzene rings is 1. The Hall–Kier alpha value is -0.920. The van der Waals surface area contributed by atoms with Crippen molar-refractivity contribution < 1.29 is 8.78 Å². The van der Waals surface area contributed by atoms with Gasteiger partial charge in [0.1, 0.15) is 11.6 Å². The fourth-order valence-corrected chi connectivity index (χ4v) is 2.79. The molecule has 0 radical (unpaired) electrons. The van der Waals surface area contributed by atoms with Gasteiger partial charge >= 0.3 is 0 Å². The van der Waals surface area contributed by atoms with Crippen LogP contribution in [0.15, 0.2) is 12.1 Å². The Kier molecular flexibility index (Phi) is 3.80. The van der Waals surface area contributed by atoms with Crippen molar-refractivity contribution in [2.75, 3.05) is 0 Å². The Morgan fingerprint density at radius 1 is 1.06 bits per heavy atom. The molecule has 1 aromatic carbocycles. The van der Waals surface area contributed by atoms with Gasteiger partial charge in [0.05, 0.1) is 0 Å². The van der Waals surface area contributed by atoms with Gasteiger partial charge in [-0.3, -0.25) is 0 Å². The molecule has 0 bridgehead atoms. The van der Waals surface area contributed by atoms with Crippen molar-refractivity contribution in [3.8, 4) is 0 Å². The summed E-state index contributed by atoms with van der Waals surface area (Å²) in [6.45, 7) is 4.03. The lowest BCUT2D eigenvalue weighted by Crippen LogP contribution is -2.11. The molecule has 1 fully saturated rings. The summed E-state index contributed by atoms with van der Waals surface area (Å²) in [6.07, 6.45) is 4.88. The fourth-order valence-electron chi connectivity index (χ4n) is 2.79. The van der Waals surface area contributed by atoms with Crippen LogP contribution in [-0.4, -0.2) is 0 Å². The topological polar surface area (TPSA) is 0 Å². The van der Waals surface area contributed by atoms with E-state index in [4.69, 9.17) is 0 Å². The first-order valence-electron chi connectivity index (χ1n) is 6.59.